The van der Waals surface area contributed by atoms with Gasteiger partial charge in [-0.15, -0.1) is 0 Å². The smallest absolute Gasteiger partial charge is 0.270 e. The van der Waals surface area contributed by atoms with Crippen LogP contribution in [-0.4, -0.2) is 30.1 Å². The first-order chi connectivity index (χ1) is 11.6. The fourth-order valence-corrected chi connectivity index (χ4v) is 3.66. The van der Waals surface area contributed by atoms with Gasteiger partial charge in [-0.05, 0) is 30.5 Å². The van der Waals surface area contributed by atoms with Crippen molar-refractivity contribution in [1.82, 2.24) is 10.2 Å². The monoisotopic (exact) mass is 324 g/mol. The van der Waals surface area contributed by atoms with Crippen molar-refractivity contribution in [2.24, 2.45) is 0 Å². The molecule has 1 aliphatic heterocycles. The van der Waals surface area contributed by atoms with Crippen molar-refractivity contribution in [3.05, 3.63) is 57.0 Å². The van der Waals surface area contributed by atoms with Crippen LogP contribution >= 0.6 is 0 Å². The van der Waals surface area contributed by atoms with Crippen molar-refractivity contribution >= 4 is 17.3 Å². The fourth-order valence-electron chi connectivity index (χ4n) is 3.66. The van der Waals surface area contributed by atoms with Crippen LogP contribution in [0, 0.1) is 0 Å². The number of carbonyl (C=O) groups is 1. The molecule has 2 heterocycles. The summed E-state index contributed by atoms with van der Waals surface area (Å²) in [4.78, 5) is 27.0. The summed E-state index contributed by atoms with van der Waals surface area (Å²) in [6.07, 6.45) is 2.23. The standard InChI is InChI=1S/C18H20N4O2/c1-22(2)11-8-6-10(7-9-11)14-15-12(4-3-5-13(15)23)19-17-16(14)18(24)21-20-17/h6-9,14H,3-5H2,1-2H3,(H3,19,20,21,24)/t14-/m0/s1. The lowest BCUT2D eigenvalue weighted by molar-refractivity contribution is -0.116. The summed E-state index contributed by atoms with van der Waals surface area (Å²) >= 11 is 0. The van der Waals surface area contributed by atoms with Crippen molar-refractivity contribution < 1.29 is 4.79 Å². The highest BCUT2D eigenvalue weighted by atomic mass is 16.1. The number of carbonyl (C=O) groups excluding carboxylic acids is 1. The molecule has 0 saturated carbocycles. The van der Waals surface area contributed by atoms with Gasteiger partial charge in [-0.25, -0.2) is 0 Å². The Balaban J connectivity index is 1.89. The van der Waals surface area contributed by atoms with Crippen molar-refractivity contribution in [1.29, 1.82) is 0 Å². The predicted molar refractivity (Wildman–Crippen MR) is 93.5 cm³/mol. The van der Waals surface area contributed by atoms with Gasteiger partial charge >= 0.3 is 0 Å². The van der Waals surface area contributed by atoms with Gasteiger partial charge < -0.3 is 10.2 Å². The van der Waals surface area contributed by atoms with Gasteiger partial charge in [0.1, 0.15) is 5.82 Å². The average Bonchev–Trinajstić information content (AvgIpc) is 2.94. The van der Waals surface area contributed by atoms with E-state index in [1.54, 1.807) is 0 Å². The third-order valence-electron chi connectivity index (χ3n) is 4.87. The molecule has 0 bridgehead atoms. The van der Waals surface area contributed by atoms with Crippen LogP contribution in [0.2, 0.25) is 0 Å². The van der Waals surface area contributed by atoms with Gasteiger partial charge in [0.05, 0.1) is 5.56 Å². The van der Waals surface area contributed by atoms with Crippen LogP contribution in [0.5, 0.6) is 0 Å². The van der Waals surface area contributed by atoms with E-state index >= 15 is 0 Å². The molecule has 4 rings (SSSR count). The number of hydrogen-bond acceptors (Lipinski definition) is 4. The number of Topliss-reactive ketones (excluding diaryl/α,β-unsaturated/α-hetero) is 1. The first-order valence-corrected chi connectivity index (χ1v) is 8.17. The Morgan fingerprint density at radius 2 is 1.79 bits per heavy atom. The minimum Gasteiger partial charge on any atom is -0.378 e. The third-order valence-corrected chi connectivity index (χ3v) is 4.87. The lowest BCUT2D eigenvalue weighted by Gasteiger charge is -2.31. The fraction of sp³-hybridized carbons (Fsp3) is 0.333. The number of aromatic nitrogens is 2. The molecule has 0 unspecified atom stereocenters. The van der Waals surface area contributed by atoms with E-state index in [0.29, 0.717) is 17.8 Å². The lowest BCUT2D eigenvalue weighted by atomic mass is 9.77. The number of benzene rings is 1. The number of H-pyrrole nitrogens is 2. The minimum atomic E-state index is -0.310. The average molecular weight is 324 g/mol. The number of aromatic amines is 2. The van der Waals surface area contributed by atoms with Crippen molar-refractivity contribution in [3.8, 4) is 0 Å². The zero-order valence-electron chi connectivity index (χ0n) is 13.8. The van der Waals surface area contributed by atoms with Crippen molar-refractivity contribution in [3.63, 3.8) is 0 Å². The zero-order valence-corrected chi connectivity index (χ0v) is 13.8. The van der Waals surface area contributed by atoms with Crippen LogP contribution in [0.15, 0.2) is 40.3 Å². The molecule has 6 nitrogen and oxygen atoms in total. The van der Waals surface area contributed by atoms with Gasteiger partial charge in [0, 0.05) is 43.4 Å². The Hall–Kier alpha value is -2.76. The second-order valence-electron chi connectivity index (χ2n) is 6.58. The second kappa shape index (κ2) is 5.40. The highest BCUT2D eigenvalue weighted by molar-refractivity contribution is 6.00. The quantitative estimate of drug-likeness (QED) is 0.792. The van der Waals surface area contributed by atoms with Gasteiger partial charge in [-0.2, -0.15) is 0 Å². The molecule has 0 saturated heterocycles. The number of hydrogen-bond donors (Lipinski definition) is 3. The highest BCUT2D eigenvalue weighted by Gasteiger charge is 2.37. The van der Waals surface area contributed by atoms with E-state index in [2.05, 4.69) is 15.5 Å². The Labute approximate surface area is 139 Å². The van der Waals surface area contributed by atoms with Crippen LogP contribution < -0.4 is 15.8 Å². The summed E-state index contributed by atoms with van der Waals surface area (Å²) in [5.41, 5.74) is 4.16. The van der Waals surface area contributed by atoms with Crippen LogP contribution in [0.4, 0.5) is 11.5 Å². The molecule has 124 valence electrons. The SMILES string of the molecule is CN(C)c1ccc([C@H]2C3=C(CCCC3=O)Nc3[nH][nH]c(=O)c32)cc1. The van der Waals surface area contributed by atoms with Gasteiger partial charge in [0.15, 0.2) is 5.78 Å². The number of fused-ring (bicyclic) bond motifs is 1. The van der Waals surface area contributed by atoms with Gasteiger partial charge in [0.2, 0.25) is 0 Å². The summed E-state index contributed by atoms with van der Waals surface area (Å²) in [6.45, 7) is 0. The van der Waals surface area contributed by atoms with Crippen molar-refractivity contribution in [2.75, 3.05) is 24.3 Å². The van der Waals surface area contributed by atoms with Gasteiger partial charge in [-0.1, -0.05) is 12.1 Å². The molecule has 24 heavy (non-hydrogen) atoms. The van der Waals surface area contributed by atoms with E-state index in [4.69, 9.17) is 0 Å². The Morgan fingerprint density at radius 3 is 2.50 bits per heavy atom. The zero-order chi connectivity index (χ0) is 16.8. The van der Waals surface area contributed by atoms with Crippen LogP contribution in [0.25, 0.3) is 0 Å². The van der Waals surface area contributed by atoms with E-state index < -0.39 is 0 Å². The largest absolute Gasteiger partial charge is 0.378 e. The molecule has 0 fully saturated rings. The number of nitrogens with one attached hydrogen (secondary N) is 3. The van der Waals surface area contributed by atoms with E-state index in [1.807, 2.05) is 43.3 Å². The predicted octanol–water partition coefficient (Wildman–Crippen LogP) is 2.33. The van der Waals surface area contributed by atoms with E-state index in [1.165, 1.54) is 0 Å². The third kappa shape index (κ3) is 2.18. The van der Waals surface area contributed by atoms with Crippen LogP contribution in [-0.2, 0) is 4.79 Å². The summed E-state index contributed by atoms with van der Waals surface area (Å²) in [5, 5.41) is 8.79. The molecule has 1 aliphatic carbocycles. The summed E-state index contributed by atoms with van der Waals surface area (Å²) in [6, 6.07) is 8.05. The second-order valence-corrected chi connectivity index (χ2v) is 6.58. The number of allylic oxidation sites excluding steroid dienone is 2. The molecule has 2 aromatic rings. The molecular formula is C18H20N4O2. The minimum absolute atomic E-state index is 0.136. The molecule has 6 heteroatoms. The topological polar surface area (TPSA) is 81.0 Å². The van der Waals surface area contributed by atoms with E-state index in [0.717, 1.165) is 35.4 Å². The molecule has 1 aromatic carbocycles. The lowest BCUT2D eigenvalue weighted by Crippen LogP contribution is -2.29. The molecular weight excluding hydrogens is 304 g/mol. The number of ketones is 1. The first kappa shape index (κ1) is 14.8. The maximum atomic E-state index is 12.6. The van der Waals surface area contributed by atoms with Crippen LogP contribution in [0.1, 0.15) is 36.3 Å². The summed E-state index contributed by atoms with van der Waals surface area (Å²) < 4.78 is 0. The normalized spacial score (nSPS) is 19.6. The number of rotatable bonds is 2. The number of nitrogens with zero attached hydrogens (tertiary/aromatic N) is 1. The van der Waals surface area contributed by atoms with Gasteiger partial charge in [0.25, 0.3) is 5.56 Å². The molecule has 2 aliphatic rings. The highest BCUT2D eigenvalue weighted by Crippen LogP contribution is 2.43. The van der Waals surface area contributed by atoms with Crippen molar-refractivity contribution in [2.45, 2.75) is 25.2 Å². The summed E-state index contributed by atoms with van der Waals surface area (Å²) in [7, 11) is 3.97. The Bertz CT molecular complexity index is 886. The van der Waals surface area contributed by atoms with E-state index in [9.17, 15) is 9.59 Å². The summed E-state index contributed by atoms with van der Waals surface area (Å²) in [5.74, 6) is 0.502. The molecule has 1 atom stereocenters. The maximum Gasteiger partial charge on any atom is 0.270 e. The molecule has 3 N–H and O–H groups in total. The van der Waals surface area contributed by atoms with Gasteiger partial charge in [-0.3, -0.25) is 19.8 Å². The maximum absolute atomic E-state index is 12.6. The Morgan fingerprint density at radius 1 is 1.04 bits per heavy atom. The molecule has 0 spiro atoms. The molecule has 0 amide bonds. The molecule has 0 radical (unpaired) electrons. The Kier molecular flexibility index (Phi) is 3.33. The number of anilines is 2. The van der Waals surface area contributed by atoms with E-state index in [-0.39, 0.29) is 17.3 Å². The molecule has 1 aromatic heterocycles. The van der Waals surface area contributed by atoms with Crippen LogP contribution in [0.3, 0.4) is 0 Å². The first-order valence-electron chi connectivity index (χ1n) is 8.17.